The second kappa shape index (κ2) is 4.68. The van der Waals surface area contributed by atoms with Crippen molar-refractivity contribution in [1.82, 2.24) is 14.7 Å². The first kappa shape index (κ1) is 12.7. The highest BCUT2D eigenvalue weighted by atomic mass is 16.2. The Kier molecular flexibility index (Phi) is 3.73. The van der Waals surface area contributed by atoms with Gasteiger partial charge in [-0.1, -0.05) is 20.8 Å². The third kappa shape index (κ3) is 2.84. The molecule has 0 aromatic carbocycles. The van der Waals surface area contributed by atoms with E-state index in [4.69, 9.17) is 0 Å². The number of hydrogen-bond donors (Lipinski definition) is 0. The first-order valence-electron chi connectivity index (χ1n) is 5.61. The maximum Gasteiger partial charge on any atom is 0.228 e. The van der Waals surface area contributed by atoms with Gasteiger partial charge in [0.1, 0.15) is 0 Å². The minimum atomic E-state index is -0.288. The summed E-state index contributed by atoms with van der Waals surface area (Å²) in [6.45, 7) is 6.56. The van der Waals surface area contributed by atoms with Crippen LogP contribution in [0, 0.1) is 5.41 Å². The van der Waals surface area contributed by atoms with Crippen LogP contribution in [-0.2, 0) is 18.4 Å². The highest BCUT2D eigenvalue weighted by molar-refractivity contribution is 5.81. The molecule has 0 spiro atoms. The van der Waals surface area contributed by atoms with Crippen molar-refractivity contribution >= 4 is 5.91 Å². The highest BCUT2D eigenvalue weighted by Crippen LogP contribution is 2.22. The molecule has 1 heterocycles. The molecule has 1 aromatic heterocycles. The topological polar surface area (TPSA) is 38.1 Å². The smallest absolute Gasteiger partial charge is 0.228 e. The Morgan fingerprint density at radius 3 is 2.62 bits per heavy atom. The summed E-state index contributed by atoms with van der Waals surface area (Å²) >= 11 is 0. The number of nitrogens with zero attached hydrogens (tertiary/aromatic N) is 3. The molecular formula is C12H21N3O. The molecule has 0 radical (unpaired) electrons. The zero-order valence-electron chi connectivity index (χ0n) is 10.8. The first-order chi connectivity index (χ1) is 7.36. The van der Waals surface area contributed by atoms with Crippen LogP contribution in [0.2, 0.25) is 0 Å². The fourth-order valence-electron chi connectivity index (χ4n) is 1.53. The predicted molar refractivity (Wildman–Crippen MR) is 63.8 cm³/mol. The van der Waals surface area contributed by atoms with Crippen LogP contribution in [-0.4, -0.2) is 27.6 Å². The quantitative estimate of drug-likeness (QED) is 0.781. The van der Waals surface area contributed by atoms with Gasteiger partial charge < -0.3 is 4.90 Å². The Hall–Kier alpha value is -1.32. The first-order valence-corrected chi connectivity index (χ1v) is 5.61. The fraction of sp³-hybridized carbons (Fsp3) is 0.667. The van der Waals surface area contributed by atoms with Crippen LogP contribution in [0.4, 0.5) is 0 Å². The molecule has 0 saturated heterocycles. The summed E-state index contributed by atoms with van der Waals surface area (Å²) in [6, 6.07) is 1.93. The number of carbonyl (C=O) groups excluding carboxylic acids is 1. The maximum atomic E-state index is 12.1. The molecule has 0 aliphatic heterocycles. The molecule has 0 atom stereocenters. The van der Waals surface area contributed by atoms with Crippen molar-refractivity contribution in [3.63, 3.8) is 0 Å². The van der Waals surface area contributed by atoms with Crippen molar-refractivity contribution in [2.45, 2.75) is 33.7 Å². The van der Waals surface area contributed by atoms with Crippen molar-refractivity contribution in [3.05, 3.63) is 18.0 Å². The average Bonchev–Trinajstić information content (AvgIpc) is 2.62. The summed E-state index contributed by atoms with van der Waals surface area (Å²) in [5.74, 6) is 0.167. The van der Waals surface area contributed by atoms with E-state index in [1.165, 1.54) is 0 Å². The zero-order chi connectivity index (χ0) is 12.3. The summed E-state index contributed by atoms with van der Waals surface area (Å²) in [7, 11) is 3.70. The lowest BCUT2D eigenvalue weighted by molar-refractivity contribution is -0.139. The monoisotopic (exact) mass is 223 g/mol. The molecule has 0 saturated carbocycles. The molecule has 0 bridgehead atoms. The van der Waals surface area contributed by atoms with Crippen LogP contribution in [0.3, 0.4) is 0 Å². The van der Waals surface area contributed by atoms with E-state index in [1.54, 1.807) is 9.58 Å². The summed E-state index contributed by atoms with van der Waals surface area (Å²) in [5, 5.41) is 4.26. The second-order valence-corrected chi connectivity index (χ2v) is 4.88. The van der Waals surface area contributed by atoms with Crippen LogP contribution < -0.4 is 0 Å². The van der Waals surface area contributed by atoms with E-state index in [2.05, 4.69) is 5.10 Å². The van der Waals surface area contributed by atoms with E-state index >= 15 is 0 Å². The van der Waals surface area contributed by atoms with Gasteiger partial charge in [-0.3, -0.25) is 9.48 Å². The van der Waals surface area contributed by atoms with Crippen LogP contribution in [0.5, 0.6) is 0 Å². The Bertz CT molecular complexity index is 368. The van der Waals surface area contributed by atoms with E-state index < -0.39 is 0 Å². The number of carbonyl (C=O) groups is 1. The molecule has 1 amide bonds. The van der Waals surface area contributed by atoms with Crippen LogP contribution in [0.15, 0.2) is 12.3 Å². The molecular weight excluding hydrogens is 202 g/mol. The lowest BCUT2D eigenvalue weighted by atomic mass is 9.88. The fourth-order valence-corrected chi connectivity index (χ4v) is 1.53. The Morgan fingerprint density at radius 1 is 1.56 bits per heavy atom. The van der Waals surface area contributed by atoms with E-state index in [9.17, 15) is 4.79 Å². The third-order valence-corrected chi connectivity index (χ3v) is 2.98. The molecule has 0 aliphatic carbocycles. The molecule has 4 nitrogen and oxygen atoms in total. The number of amides is 1. The number of rotatable bonds is 4. The van der Waals surface area contributed by atoms with Gasteiger partial charge in [0.25, 0.3) is 0 Å². The van der Waals surface area contributed by atoms with E-state index in [1.807, 2.05) is 47.1 Å². The van der Waals surface area contributed by atoms with Gasteiger partial charge in [-0.15, -0.1) is 0 Å². The summed E-state index contributed by atoms with van der Waals surface area (Å²) in [4.78, 5) is 13.8. The van der Waals surface area contributed by atoms with Gasteiger partial charge in [-0.25, -0.2) is 0 Å². The predicted octanol–water partition coefficient (Wildman–Crippen LogP) is 1.81. The molecule has 1 rings (SSSR count). The number of aryl methyl sites for hydroxylation is 1. The van der Waals surface area contributed by atoms with Gasteiger partial charge in [0.15, 0.2) is 0 Å². The largest absolute Gasteiger partial charge is 0.339 e. The van der Waals surface area contributed by atoms with Crippen molar-refractivity contribution in [2.75, 3.05) is 7.05 Å². The normalized spacial score (nSPS) is 11.6. The minimum absolute atomic E-state index is 0.167. The number of aromatic nitrogens is 2. The molecule has 0 aliphatic rings. The number of hydrogen-bond acceptors (Lipinski definition) is 2. The Morgan fingerprint density at radius 2 is 2.19 bits per heavy atom. The van der Waals surface area contributed by atoms with Gasteiger partial charge in [0.05, 0.1) is 12.2 Å². The molecule has 0 fully saturated rings. The van der Waals surface area contributed by atoms with Crippen molar-refractivity contribution in [3.8, 4) is 0 Å². The highest BCUT2D eigenvalue weighted by Gasteiger charge is 2.28. The average molecular weight is 223 g/mol. The molecule has 16 heavy (non-hydrogen) atoms. The van der Waals surface area contributed by atoms with E-state index in [-0.39, 0.29) is 11.3 Å². The van der Waals surface area contributed by atoms with E-state index in [0.29, 0.717) is 6.54 Å². The summed E-state index contributed by atoms with van der Waals surface area (Å²) in [6.07, 6.45) is 2.73. The van der Waals surface area contributed by atoms with Crippen LogP contribution in [0.1, 0.15) is 32.9 Å². The molecule has 1 aromatic rings. The third-order valence-electron chi connectivity index (χ3n) is 2.98. The standard InChI is InChI=1S/C12H21N3O/c1-6-12(2,3)11(16)14(4)9-10-7-8-15(5)13-10/h7-8H,6,9H2,1-5H3. The van der Waals surface area contributed by atoms with Crippen molar-refractivity contribution in [1.29, 1.82) is 0 Å². The molecule has 0 N–H and O–H groups in total. The Labute approximate surface area is 97.2 Å². The van der Waals surface area contributed by atoms with Crippen LogP contribution >= 0.6 is 0 Å². The van der Waals surface area contributed by atoms with Crippen LogP contribution in [0.25, 0.3) is 0 Å². The molecule has 90 valence electrons. The molecule has 4 heteroatoms. The van der Waals surface area contributed by atoms with E-state index in [0.717, 1.165) is 12.1 Å². The molecule has 0 unspecified atom stereocenters. The maximum absolute atomic E-state index is 12.1. The Balaban J connectivity index is 2.65. The van der Waals surface area contributed by atoms with Crippen molar-refractivity contribution < 1.29 is 4.79 Å². The summed E-state index contributed by atoms with van der Waals surface area (Å²) < 4.78 is 1.75. The van der Waals surface area contributed by atoms with Crippen molar-refractivity contribution in [2.24, 2.45) is 12.5 Å². The second-order valence-electron chi connectivity index (χ2n) is 4.88. The van der Waals surface area contributed by atoms with Gasteiger partial charge in [0.2, 0.25) is 5.91 Å². The lowest BCUT2D eigenvalue weighted by Gasteiger charge is -2.27. The van der Waals surface area contributed by atoms with Gasteiger partial charge in [0, 0.05) is 25.7 Å². The van der Waals surface area contributed by atoms with Gasteiger partial charge in [-0.2, -0.15) is 5.10 Å². The zero-order valence-corrected chi connectivity index (χ0v) is 10.8. The summed E-state index contributed by atoms with van der Waals surface area (Å²) in [5.41, 5.74) is 0.633. The minimum Gasteiger partial charge on any atom is -0.339 e. The lowest BCUT2D eigenvalue weighted by Crippen LogP contribution is -2.37. The SMILES string of the molecule is CCC(C)(C)C(=O)N(C)Cc1ccn(C)n1. The van der Waals surface area contributed by atoms with Gasteiger partial charge >= 0.3 is 0 Å². The van der Waals surface area contributed by atoms with Gasteiger partial charge in [-0.05, 0) is 12.5 Å².